The van der Waals surface area contributed by atoms with Crippen LogP contribution in [0.4, 0.5) is 0 Å². The topological polar surface area (TPSA) is 213 Å². The van der Waals surface area contributed by atoms with E-state index in [2.05, 4.69) is 10.5 Å². The number of carbonyl (C=O) groups is 6. The van der Waals surface area contributed by atoms with Gasteiger partial charge in [-0.3, -0.25) is 24.0 Å². The molecule has 2 saturated carbocycles. The number of ketones is 2. The SMILES string of the molecule is CC(=O)OC1CC(C)(C)C(=C=CC=CC=CC(C)=CC=CC=C(C)C=CC=C(C)C(=O)CC23OC2(C)CC(OC(=O)CCC(=O)OC[C@H](O)[C@H]2OC(=O)C(O)C2=O)CC3(C)C)[C@@](C)(O)C1. The summed E-state index contributed by atoms with van der Waals surface area (Å²) in [6.45, 7) is 18.1. The van der Waals surface area contributed by atoms with E-state index in [0.29, 0.717) is 31.3 Å². The molecule has 65 heavy (non-hydrogen) atoms. The first-order valence-corrected chi connectivity index (χ1v) is 22.0. The predicted octanol–water partition coefficient (Wildman–Crippen LogP) is 6.39. The third-order valence-corrected chi connectivity index (χ3v) is 12.5. The Balaban J connectivity index is 1.20. The van der Waals surface area contributed by atoms with Gasteiger partial charge >= 0.3 is 23.9 Å². The highest BCUT2D eigenvalue weighted by molar-refractivity contribution is 6.09. The van der Waals surface area contributed by atoms with Crippen molar-refractivity contribution in [2.24, 2.45) is 10.8 Å². The van der Waals surface area contributed by atoms with E-state index in [1.54, 1.807) is 26.0 Å². The second-order valence-electron chi connectivity index (χ2n) is 19.2. The predicted molar refractivity (Wildman–Crippen MR) is 240 cm³/mol. The van der Waals surface area contributed by atoms with Crippen molar-refractivity contribution in [3.63, 3.8) is 0 Å². The fraction of sp³-hybridized carbons (Fsp3) is 0.549. The Morgan fingerprint density at radius 3 is 1.98 bits per heavy atom. The molecule has 2 heterocycles. The highest BCUT2D eigenvalue weighted by atomic mass is 16.6. The number of aliphatic hydroxyl groups excluding tert-OH is 2. The monoisotopic (exact) mass is 902 g/mol. The van der Waals surface area contributed by atoms with Gasteiger partial charge in [-0.05, 0) is 64.5 Å². The summed E-state index contributed by atoms with van der Waals surface area (Å²) >= 11 is 0. The third-order valence-electron chi connectivity index (χ3n) is 12.5. The number of hydrogen-bond acceptors (Lipinski definition) is 14. The minimum atomic E-state index is -1.99. The van der Waals surface area contributed by atoms with Gasteiger partial charge in [0.2, 0.25) is 11.9 Å². The highest BCUT2D eigenvalue weighted by Gasteiger charge is 2.76. The molecule has 0 aromatic carbocycles. The number of fused-ring (bicyclic) bond motifs is 1. The first-order chi connectivity index (χ1) is 30.2. The summed E-state index contributed by atoms with van der Waals surface area (Å²) in [6, 6.07) is 0. The molecule has 8 atom stereocenters. The molecule has 2 aliphatic carbocycles. The molecule has 14 heteroatoms. The number of epoxide rings is 1. The van der Waals surface area contributed by atoms with Gasteiger partial charge < -0.3 is 39.0 Å². The fourth-order valence-electron chi connectivity index (χ4n) is 9.25. The van der Waals surface area contributed by atoms with E-state index in [9.17, 15) is 44.1 Å². The fourth-order valence-corrected chi connectivity index (χ4v) is 9.25. The smallest absolute Gasteiger partial charge is 0.343 e. The molecule has 354 valence electrons. The van der Waals surface area contributed by atoms with Crippen LogP contribution in [0.1, 0.15) is 114 Å². The highest BCUT2D eigenvalue weighted by Crippen LogP contribution is 2.67. The summed E-state index contributed by atoms with van der Waals surface area (Å²) in [4.78, 5) is 73.0. The number of rotatable bonds is 18. The molecule has 0 radical (unpaired) electrons. The lowest BCUT2D eigenvalue weighted by Crippen LogP contribution is -2.49. The summed E-state index contributed by atoms with van der Waals surface area (Å²) in [5, 5.41) is 30.5. The summed E-state index contributed by atoms with van der Waals surface area (Å²) in [5.41, 5.74) is 3.16. The quantitative estimate of drug-likeness (QED) is 0.0259. The number of esters is 4. The number of aliphatic hydroxyl groups is 3. The van der Waals surface area contributed by atoms with Crippen molar-refractivity contribution in [2.75, 3.05) is 6.61 Å². The zero-order chi connectivity index (χ0) is 48.5. The molecule has 4 aliphatic rings. The van der Waals surface area contributed by atoms with Crippen LogP contribution in [0.25, 0.3) is 0 Å². The van der Waals surface area contributed by atoms with Gasteiger partial charge in [-0.15, -0.1) is 5.73 Å². The molecule has 0 spiro atoms. The number of hydrogen-bond donors (Lipinski definition) is 3. The average molecular weight is 903 g/mol. The van der Waals surface area contributed by atoms with Gasteiger partial charge in [0.05, 0.1) is 24.0 Å². The number of Topliss-reactive ketones (excluding diaryl/α,β-unsaturated/α-hetero) is 2. The van der Waals surface area contributed by atoms with Gasteiger partial charge in [0.1, 0.15) is 30.5 Å². The number of cyclic esters (lactones) is 1. The number of carbonyl (C=O) groups excluding carboxylic acids is 6. The number of allylic oxidation sites excluding steroid dienone is 14. The second-order valence-corrected chi connectivity index (χ2v) is 19.2. The Morgan fingerprint density at radius 2 is 1.40 bits per heavy atom. The molecule has 5 unspecified atom stereocenters. The molecule has 4 rings (SSSR count). The zero-order valence-corrected chi connectivity index (χ0v) is 39.3. The van der Waals surface area contributed by atoms with Gasteiger partial charge in [-0.1, -0.05) is 106 Å². The van der Waals surface area contributed by atoms with Crippen LogP contribution in [0, 0.1) is 10.8 Å². The van der Waals surface area contributed by atoms with E-state index in [-0.39, 0.29) is 42.5 Å². The van der Waals surface area contributed by atoms with Crippen LogP contribution in [-0.2, 0) is 52.5 Å². The van der Waals surface area contributed by atoms with E-state index in [1.165, 1.54) is 6.92 Å². The molecule has 3 N–H and O–H groups in total. The molecule has 0 bridgehead atoms. The molecule has 0 aromatic heterocycles. The van der Waals surface area contributed by atoms with Crippen molar-refractivity contribution >= 4 is 35.4 Å². The largest absolute Gasteiger partial charge is 0.463 e. The molecule has 0 aromatic rings. The van der Waals surface area contributed by atoms with Gasteiger partial charge in [0.15, 0.2) is 11.9 Å². The normalized spacial score (nSPS) is 30.6. The van der Waals surface area contributed by atoms with Crippen molar-refractivity contribution in [3.8, 4) is 0 Å². The first kappa shape index (κ1) is 52.4. The van der Waals surface area contributed by atoms with Crippen LogP contribution in [0.15, 0.2) is 101 Å². The molecular formula is C51H66O14. The maximum Gasteiger partial charge on any atom is 0.343 e. The standard InChI is InChI=1S/C51H66O14/c1-32(18-13-11-12-14-23-40-47(5,6)26-36(62-35(4)52)28-49(40,9)60)19-15-16-20-33(2)21-17-22-34(3)38(53)30-51-48(7,8)27-37(29-50(51,10)65-51)63-42(56)25-24-41(55)61-31-39(54)45-43(57)44(58)46(59)64-45/h11-22,36-37,39,44-45,54,58,60H,24-31H2,1-10H3/t23?,36?,37?,39-,44?,45+,49-,50?,51?/m0/s1. The molecular weight excluding hydrogens is 837 g/mol. The van der Waals surface area contributed by atoms with Crippen LogP contribution in [0.5, 0.6) is 0 Å². The Kier molecular flexibility index (Phi) is 17.2. The lowest BCUT2D eigenvalue weighted by Gasteiger charge is -2.44. The van der Waals surface area contributed by atoms with E-state index < -0.39 is 76.9 Å². The number of ether oxygens (including phenoxy) is 5. The molecule has 4 fully saturated rings. The zero-order valence-electron chi connectivity index (χ0n) is 39.3. The molecule has 0 amide bonds. The van der Waals surface area contributed by atoms with Crippen LogP contribution in [-0.4, -0.2) is 105 Å². The minimum absolute atomic E-state index is 0.0488. The summed E-state index contributed by atoms with van der Waals surface area (Å²) in [6.07, 6.45) is 17.9. The molecule has 2 saturated heterocycles. The lowest BCUT2D eigenvalue weighted by atomic mass is 9.61. The van der Waals surface area contributed by atoms with E-state index in [1.807, 2.05) is 109 Å². The Labute approximate surface area is 382 Å². The van der Waals surface area contributed by atoms with Crippen molar-refractivity contribution in [1.29, 1.82) is 0 Å². The van der Waals surface area contributed by atoms with Crippen molar-refractivity contribution in [2.45, 2.75) is 162 Å². The van der Waals surface area contributed by atoms with Gasteiger partial charge in [0, 0.05) is 37.2 Å². The van der Waals surface area contributed by atoms with Gasteiger partial charge in [-0.2, -0.15) is 0 Å². The van der Waals surface area contributed by atoms with E-state index in [4.69, 9.17) is 18.9 Å². The maximum atomic E-state index is 13.5. The van der Waals surface area contributed by atoms with Gasteiger partial charge in [-0.25, -0.2) is 4.79 Å². The first-order valence-electron chi connectivity index (χ1n) is 22.0. The maximum absolute atomic E-state index is 13.5. The summed E-state index contributed by atoms with van der Waals surface area (Å²) in [5.74, 6) is -4.09. The molecule has 14 nitrogen and oxygen atoms in total. The Hall–Kier alpha value is -5.24. The van der Waals surface area contributed by atoms with Crippen LogP contribution in [0.3, 0.4) is 0 Å². The minimum Gasteiger partial charge on any atom is -0.463 e. The summed E-state index contributed by atoms with van der Waals surface area (Å²) in [7, 11) is 0. The second kappa shape index (κ2) is 21.4. The lowest BCUT2D eigenvalue weighted by molar-refractivity contribution is -0.160. The van der Waals surface area contributed by atoms with Crippen LogP contribution >= 0.6 is 0 Å². The average Bonchev–Trinajstić information content (AvgIpc) is 3.72. The van der Waals surface area contributed by atoms with Gasteiger partial charge in [0.25, 0.3) is 0 Å². The van der Waals surface area contributed by atoms with E-state index in [0.717, 1.165) is 16.7 Å². The van der Waals surface area contributed by atoms with Crippen molar-refractivity contribution in [3.05, 3.63) is 101 Å². The Morgan fingerprint density at radius 1 is 0.785 bits per heavy atom. The van der Waals surface area contributed by atoms with Crippen LogP contribution < -0.4 is 0 Å². The summed E-state index contributed by atoms with van der Waals surface area (Å²) < 4.78 is 27.0. The van der Waals surface area contributed by atoms with Crippen molar-refractivity contribution in [1.82, 2.24) is 0 Å². The third kappa shape index (κ3) is 13.7. The Bertz CT molecular complexity index is 2130. The molecule has 2 aliphatic heterocycles. The van der Waals surface area contributed by atoms with Crippen molar-refractivity contribution < 1.29 is 67.8 Å². The van der Waals surface area contributed by atoms with E-state index >= 15 is 0 Å². The van der Waals surface area contributed by atoms with Crippen LogP contribution in [0.2, 0.25) is 0 Å².